The average Bonchev–Trinajstić information content (AvgIpc) is 2.99. The van der Waals surface area contributed by atoms with Gasteiger partial charge in [-0.1, -0.05) is 42.5 Å². The summed E-state index contributed by atoms with van der Waals surface area (Å²) in [6, 6.07) is 16.4. The van der Waals surface area contributed by atoms with Crippen molar-refractivity contribution >= 4 is 23.7 Å². The molecule has 0 aliphatic heterocycles. The van der Waals surface area contributed by atoms with Gasteiger partial charge < -0.3 is 25.4 Å². The Morgan fingerprint density at radius 3 is 2.25 bits per heavy atom. The fraction of sp³-hybridized carbons (Fsp3) is 0.474. The Morgan fingerprint density at radius 2 is 1.67 bits per heavy atom. The van der Waals surface area contributed by atoms with Crippen LogP contribution in [-0.4, -0.2) is 57.1 Å². The van der Waals surface area contributed by atoms with Crippen molar-refractivity contribution in [3.8, 4) is 22.3 Å². The molecule has 5 rings (SSSR count). The first-order valence-corrected chi connectivity index (χ1v) is 16.7. The number of rotatable bonds is 8. The van der Waals surface area contributed by atoms with Crippen LogP contribution in [0.2, 0.25) is 0 Å². The number of aromatic nitrogens is 1. The third-order valence-electron chi connectivity index (χ3n) is 9.46. The summed E-state index contributed by atoms with van der Waals surface area (Å²) in [6.45, 7) is 8.69. The molecule has 2 aliphatic carbocycles. The zero-order valence-corrected chi connectivity index (χ0v) is 28.7. The van der Waals surface area contributed by atoms with Gasteiger partial charge in [-0.2, -0.15) is 0 Å². The summed E-state index contributed by atoms with van der Waals surface area (Å²) in [5.41, 5.74) is 0.114. The Kier molecular flexibility index (Phi) is 9.97. The summed E-state index contributed by atoms with van der Waals surface area (Å²) < 4.78 is 21.8. The predicted molar refractivity (Wildman–Crippen MR) is 183 cm³/mol. The Morgan fingerprint density at radius 1 is 1.00 bits per heavy atom. The van der Waals surface area contributed by atoms with E-state index in [-0.39, 0.29) is 42.2 Å². The summed E-state index contributed by atoms with van der Waals surface area (Å²) in [7, 11) is 1.84. The fourth-order valence-corrected chi connectivity index (χ4v) is 7.12. The summed E-state index contributed by atoms with van der Waals surface area (Å²) >= 11 is 0. The van der Waals surface area contributed by atoms with Crippen LogP contribution in [0.3, 0.4) is 0 Å². The van der Waals surface area contributed by atoms with Gasteiger partial charge in [0.1, 0.15) is 17.2 Å². The van der Waals surface area contributed by atoms with Crippen LogP contribution >= 0.6 is 0 Å². The van der Waals surface area contributed by atoms with E-state index in [2.05, 4.69) is 15.6 Å². The normalized spacial score (nSPS) is 23.8. The maximum atomic E-state index is 16.0. The number of benzene rings is 2. The van der Waals surface area contributed by atoms with Gasteiger partial charge in [0.05, 0.1) is 5.60 Å². The van der Waals surface area contributed by atoms with Crippen molar-refractivity contribution in [2.24, 2.45) is 5.92 Å². The molecule has 2 aromatic carbocycles. The average molecular weight is 659 g/mol. The summed E-state index contributed by atoms with van der Waals surface area (Å²) in [4.78, 5) is 43.9. The number of aliphatic hydroxyl groups is 1. The van der Waals surface area contributed by atoms with Gasteiger partial charge in [-0.05, 0) is 88.1 Å². The highest BCUT2D eigenvalue weighted by Gasteiger charge is 2.56. The number of anilines is 1. The van der Waals surface area contributed by atoms with E-state index >= 15 is 4.39 Å². The smallest absolute Gasteiger partial charge is 0.408 e. The van der Waals surface area contributed by atoms with Crippen molar-refractivity contribution in [1.82, 2.24) is 15.2 Å². The molecule has 10 heteroatoms. The summed E-state index contributed by atoms with van der Waals surface area (Å²) in [5.74, 6) is 0.0166. The second-order valence-electron chi connectivity index (χ2n) is 14.8. The SMILES string of the molecule is CC(=O)N(C)C1CCC(CC(=O)Nc2cc(-c3ccccc3)c(-c3ccc(C4(OC(=O)NC(C)(C)C)CC(C)(O)C4)c(F)c3)cn2)CC1. The maximum absolute atomic E-state index is 16.0. The van der Waals surface area contributed by atoms with Crippen molar-refractivity contribution in [2.75, 3.05) is 12.4 Å². The Bertz CT molecular complexity index is 1650. The summed E-state index contributed by atoms with van der Waals surface area (Å²) in [5, 5.41) is 16.3. The van der Waals surface area contributed by atoms with Gasteiger partial charge in [-0.25, -0.2) is 14.2 Å². The molecule has 2 saturated carbocycles. The predicted octanol–water partition coefficient (Wildman–Crippen LogP) is 7.19. The number of carbonyl (C=O) groups is 3. The van der Waals surface area contributed by atoms with Crippen LogP contribution in [0.4, 0.5) is 15.0 Å². The maximum Gasteiger partial charge on any atom is 0.408 e. The highest BCUT2D eigenvalue weighted by Crippen LogP contribution is 2.52. The van der Waals surface area contributed by atoms with E-state index in [4.69, 9.17) is 4.74 Å². The molecule has 3 aromatic rings. The van der Waals surface area contributed by atoms with Crippen LogP contribution in [0, 0.1) is 11.7 Å². The lowest BCUT2D eigenvalue weighted by molar-refractivity contribution is -0.178. The molecule has 256 valence electrons. The Labute approximate surface area is 282 Å². The molecular formula is C38H47FN4O5. The number of pyridine rings is 1. The molecule has 0 unspecified atom stereocenters. The lowest BCUT2D eigenvalue weighted by Gasteiger charge is -2.51. The molecule has 0 spiro atoms. The highest BCUT2D eigenvalue weighted by atomic mass is 19.1. The second kappa shape index (κ2) is 13.7. The van der Waals surface area contributed by atoms with Gasteiger partial charge in [0.2, 0.25) is 11.8 Å². The molecule has 0 radical (unpaired) electrons. The van der Waals surface area contributed by atoms with Crippen molar-refractivity contribution in [2.45, 2.75) is 102 Å². The van der Waals surface area contributed by atoms with Crippen molar-refractivity contribution in [3.05, 3.63) is 72.2 Å². The van der Waals surface area contributed by atoms with Crippen LogP contribution in [0.25, 0.3) is 22.3 Å². The molecule has 0 saturated heterocycles. The second-order valence-corrected chi connectivity index (χ2v) is 14.8. The topological polar surface area (TPSA) is 121 Å². The fourth-order valence-electron chi connectivity index (χ4n) is 7.12. The zero-order valence-electron chi connectivity index (χ0n) is 28.7. The lowest BCUT2D eigenvalue weighted by Crippen LogP contribution is -2.57. The first kappa shape index (κ1) is 35.0. The quantitative estimate of drug-likeness (QED) is 0.236. The lowest BCUT2D eigenvalue weighted by atomic mass is 9.64. The Balaban J connectivity index is 1.36. The minimum Gasteiger partial charge on any atom is -0.438 e. The van der Waals surface area contributed by atoms with Gasteiger partial charge in [0.25, 0.3) is 0 Å². The van der Waals surface area contributed by atoms with Crippen molar-refractivity contribution < 1.29 is 28.6 Å². The van der Waals surface area contributed by atoms with Crippen molar-refractivity contribution in [3.63, 3.8) is 0 Å². The van der Waals surface area contributed by atoms with E-state index in [1.165, 1.54) is 6.07 Å². The van der Waals surface area contributed by atoms with Gasteiger partial charge in [-0.15, -0.1) is 0 Å². The first-order chi connectivity index (χ1) is 22.5. The number of hydrogen-bond acceptors (Lipinski definition) is 6. The van der Waals surface area contributed by atoms with E-state index in [0.29, 0.717) is 23.4 Å². The van der Waals surface area contributed by atoms with E-state index in [0.717, 1.165) is 36.8 Å². The number of halogens is 1. The van der Waals surface area contributed by atoms with E-state index in [1.807, 2.05) is 58.2 Å². The number of ether oxygens (including phenoxy) is 1. The van der Waals surface area contributed by atoms with Crippen LogP contribution in [0.15, 0.2) is 60.8 Å². The van der Waals surface area contributed by atoms with Gasteiger partial charge in [0, 0.05) is 62.1 Å². The molecular weight excluding hydrogens is 611 g/mol. The largest absolute Gasteiger partial charge is 0.438 e. The molecule has 9 nitrogen and oxygen atoms in total. The number of nitrogens with zero attached hydrogens (tertiary/aromatic N) is 2. The Hall–Kier alpha value is -4.31. The van der Waals surface area contributed by atoms with Crippen LogP contribution in [0.5, 0.6) is 0 Å². The standard InChI is InChI=1S/C38H47FN4O5/c1-24(44)43(6)28-15-12-25(13-16-28)18-34(45)41-33-20-29(26-10-8-7-9-11-26)30(21-40-33)27-14-17-31(32(39)19-27)38(22-37(5,47)23-38)48-35(46)42-36(2,3)4/h7-11,14,17,19-21,25,28,47H,12-13,15-16,18,22-23H2,1-6H3,(H,42,46)(H,40,41,45). The molecule has 48 heavy (non-hydrogen) atoms. The molecule has 1 heterocycles. The molecule has 0 atom stereocenters. The van der Waals surface area contributed by atoms with E-state index in [1.54, 1.807) is 43.1 Å². The molecule has 2 fully saturated rings. The van der Waals surface area contributed by atoms with Crippen LogP contribution in [0.1, 0.15) is 85.1 Å². The minimum atomic E-state index is -1.31. The third kappa shape index (κ3) is 8.21. The number of carbonyl (C=O) groups excluding carboxylic acids is 3. The number of hydrogen-bond donors (Lipinski definition) is 3. The molecule has 1 aromatic heterocycles. The van der Waals surface area contributed by atoms with Gasteiger partial charge in [-0.3, -0.25) is 9.59 Å². The zero-order chi connectivity index (χ0) is 34.9. The number of amides is 3. The summed E-state index contributed by atoms with van der Waals surface area (Å²) in [6.07, 6.45) is 4.98. The van der Waals surface area contributed by atoms with Gasteiger partial charge >= 0.3 is 6.09 Å². The van der Waals surface area contributed by atoms with E-state index < -0.39 is 28.7 Å². The molecule has 2 aliphatic rings. The third-order valence-corrected chi connectivity index (χ3v) is 9.46. The monoisotopic (exact) mass is 658 g/mol. The number of alkyl carbamates (subject to hydrolysis) is 1. The first-order valence-electron chi connectivity index (χ1n) is 16.7. The van der Waals surface area contributed by atoms with Crippen LogP contribution in [-0.2, 0) is 19.9 Å². The minimum absolute atomic E-state index is 0.0600. The van der Waals surface area contributed by atoms with Gasteiger partial charge in [0.15, 0.2) is 0 Å². The highest BCUT2D eigenvalue weighted by molar-refractivity contribution is 5.92. The molecule has 3 amide bonds. The molecule has 0 bridgehead atoms. The van der Waals surface area contributed by atoms with E-state index in [9.17, 15) is 19.5 Å². The van der Waals surface area contributed by atoms with Crippen molar-refractivity contribution in [1.29, 1.82) is 0 Å². The number of nitrogens with one attached hydrogen (secondary N) is 2. The van der Waals surface area contributed by atoms with Crippen LogP contribution < -0.4 is 10.6 Å². The molecule has 3 N–H and O–H groups in total.